The first-order chi connectivity index (χ1) is 10.8. The Balaban J connectivity index is 2.09. The number of hydrazone groups is 1. The van der Waals surface area contributed by atoms with Crippen LogP contribution in [0.2, 0.25) is 0 Å². The molecule has 0 spiro atoms. The molecule has 23 heavy (non-hydrogen) atoms. The minimum Gasteiger partial charge on any atom is -0.267 e. The monoisotopic (exact) mass is 388 g/mol. The molecular weight excluding hydrogens is 380 g/mol. The predicted molar refractivity (Wildman–Crippen MR) is 80.6 cm³/mol. The van der Waals surface area contributed by atoms with Crippen LogP contribution in [0, 0.1) is 5.82 Å². The van der Waals surface area contributed by atoms with Crippen molar-refractivity contribution < 1.29 is 22.4 Å². The Morgan fingerprint density at radius 1 is 1.17 bits per heavy atom. The zero-order valence-corrected chi connectivity index (χ0v) is 13.0. The van der Waals surface area contributed by atoms with E-state index in [-0.39, 0.29) is 5.56 Å². The van der Waals surface area contributed by atoms with Gasteiger partial charge in [0.15, 0.2) is 0 Å². The number of halogens is 5. The SMILES string of the molecule is O=C(N/N=C/c1ccc(C(F)(F)F)cc1F)c1ccccc1Br. The van der Waals surface area contributed by atoms with E-state index in [0.717, 1.165) is 18.3 Å². The van der Waals surface area contributed by atoms with Crippen molar-refractivity contribution in [2.24, 2.45) is 5.10 Å². The minimum absolute atomic E-state index is 0.176. The van der Waals surface area contributed by atoms with E-state index in [4.69, 9.17) is 0 Å². The first-order valence-corrected chi connectivity index (χ1v) is 7.03. The van der Waals surface area contributed by atoms with E-state index in [1.807, 2.05) is 0 Å². The van der Waals surface area contributed by atoms with Gasteiger partial charge in [0.25, 0.3) is 5.91 Å². The zero-order valence-electron chi connectivity index (χ0n) is 11.4. The van der Waals surface area contributed by atoms with E-state index >= 15 is 0 Å². The van der Waals surface area contributed by atoms with Gasteiger partial charge in [0.05, 0.1) is 17.3 Å². The van der Waals surface area contributed by atoms with Crippen LogP contribution < -0.4 is 5.43 Å². The molecule has 1 N–H and O–H groups in total. The number of alkyl halides is 3. The lowest BCUT2D eigenvalue weighted by atomic mass is 10.1. The number of carbonyl (C=O) groups excluding carboxylic acids is 1. The van der Waals surface area contributed by atoms with Gasteiger partial charge in [-0.05, 0) is 46.3 Å². The maximum atomic E-state index is 13.6. The first kappa shape index (κ1) is 17.1. The summed E-state index contributed by atoms with van der Waals surface area (Å²) in [5.41, 5.74) is 1.22. The van der Waals surface area contributed by atoms with Crippen LogP contribution in [0.3, 0.4) is 0 Å². The molecule has 0 saturated heterocycles. The largest absolute Gasteiger partial charge is 0.416 e. The summed E-state index contributed by atoms with van der Waals surface area (Å²) >= 11 is 3.19. The molecule has 0 radical (unpaired) electrons. The van der Waals surface area contributed by atoms with E-state index < -0.39 is 23.5 Å². The highest BCUT2D eigenvalue weighted by Gasteiger charge is 2.31. The molecule has 2 aromatic carbocycles. The third kappa shape index (κ3) is 4.38. The molecular formula is C15H9BrF4N2O. The number of benzene rings is 2. The minimum atomic E-state index is -4.62. The Hall–Kier alpha value is -2.22. The molecule has 0 bridgehead atoms. The van der Waals surface area contributed by atoms with Crippen LogP contribution in [0.1, 0.15) is 21.5 Å². The first-order valence-electron chi connectivity index (χ1n) is 6.23. The maximum Gasteiger partial charge on any atom is 0.416 e. The maximum absolute atomic E-state index is 13.6. The van der Waals surface area contributed by atoms with Gasteiger partial charge in [0.2, 0.25) is 0 Å². The zero-order chi connectivity index (χ0) is 17.0. The fourth-order valence-electron chi connectivity index (χ4n) is 1.67. The summed E-state index contributed by atoms with van der Waals surface area (Å²) in [6.07, 6.45) is -3.69. The molecule has 0 aliphatic carbocycles. The summed E-state index contributed by atoms with van der Waals surface area (Å²) in [6.45, 7) is 0. The molecule has 0 atom stereocenters. The standard InChI is InChI=1S/C15H9BrF4N2O/c16-12-4-2-1-3-11(12)14(23)22-21-8-9-5-6-10(7-13(9)17)15(18,19)20/h1-8H,(H,22,23)/b21-8+. The van der Waals surface area contributed by atoms with Crippen LogP contribution in [0.5, 0.6) is 0 Å². The smallest absolute Gasteiger partial charge is 0.267 e. The van der Waals surface area contributed by atoms with Gasteiger partial charge in [-0.1, -0.05) is 12.1 Å². The molecule has 2 rings (SSSR count). The lowest BCUT2D eigenvalue weighted by Gasteiger charge is -2.07. The van der Waals surface area contributed by atoms with Gasteiger partial charge in [-0.25, -0.2) is 9.82 Å². The number of carbonyl (C=O) groups is 1. The summed E-state index contributed by atoms with van der Waals surface area (Å²) < 4.78 is 51.4. The van der Waals surface area contributed by atoms with Crippen molar-refractivity contribution in [1.82, 2.24) is 5.43 Å². The molecule has 0 fully saturated rings. The van der Waals surface area contributed by atoms with Crippen molar-refractivity contribution in [3.8, 4) is 0 Å². The highest BCUT2D eigenvalue weighted by molar-refractivity contribution is 9.10. The third-order valence-corrected chi connectivity index (χ3v) is 3.51. The predicted octanol–water partition coefficient (Wildman–Crippen LogP) is 4.37. The van der Waals surface area contributed by atoms with E-state index in [1.165, 1.54) is 0 Å². The summed E-state index contributed by atoms with van der Waals surface area (Å²) in [7, 11) is 0. The number of nitrogens with zero attached hydrogens (tertiary/aromatic N) is 1. The van der Waals surface area contributed by atoms with Crippen molar-refractivity contribution in [3.63, 3.8) is 0 Å². The Labute approximate surface area is 137 Å². The van der Waals surface area contributed by atoms with Crippen molar-refractivity contribution in [3.05, 3.63) is 69.4 Å². The number of nitrogens with one attached hydrogen (secondary N) is 1. The van der Waals surface area contributed by atoms with Crippen molar-refractivity contribution in [2.75, 3.05) is 0 Å². The van der Waals surface area contributed by atoms with Gasteiger partial charge in [0, 0.05) is 10.0 Å². The number of hydrogen-bond donors (Lipinski definition) is 1. The molecule has 120 valence electrons. The van der Waals surface area contributed by atoms with Gasteiger partial charge in [-0.2, -0.15) is 18.3 Å². The molecule has 8 heteroatoms. The van der Waals surface area contributed by atoms with Crippen LogP contribution in [-0.4, -0.2) is 12.1 Å². The molecule has 0 aliphatic rings. The fourth-order valence-corrected chi connectivity index (χ4v) is 2.14. The van der Waals surface area contributed by atoms with Crippen LogP contribution >= 0.6 is 15.9 Å². The van der Waals surface area contributed by atoms with E-state index in [1.54, 1.807) is 24.3 Å². The molecule has 3 nitrogen and oxygen atoms in total. The van der Waals surface area contributed by atoms with Crippen LogP contribution in [0.4, 0.5) is 17.6 Å². The second kappa shape index (κ2) is 6.91. The van der Waals surface area contributed by atoms with E-state index in [2.05, 4.69) is 26.5 Å². The molecule has 0 saturated carbocycles. The van der Waals surface area contributed by atoms with Crippen molar-refractivity contribution in [2.45, 2.75) is 6.18 Å². The lowest BCUT2D eigenvalue weighted by Crippen LogP contribution is -2.18. The van der Waals surface area contributed by atoms with Gasteiger partial charge in [-0.15, -0.1) is 0 Å². The normalized spacial score (nSPS) is 11.7. The van der Waals surface area contributed by atoms with Crippen molar-refractivity contribution >= 4 is 28.1 Å². The Bertz CT molecular complexity index is 759. The highest BCUT2D eigenvalue weighted by Crippen LogP contribution is 2.29. The van der Waals surface area contributed by atoms with Crippen LogP contribution in [0.15, 0.2) is 52.0 Å². The third-order valence-electron chi connectivity index (χ3n) is 2.82. The van der Waals surface area contributed by atoms with Gasteiger partial charge < -0.3 is 0 Å². The molecule has 0 aromatic heterocycles. The second-order valence-corrected chi connectivity index (χ2v) is 5.27. The second-order valence-electron chi connectivity index (χ2n) is 4.41. The van der Waals surface area contributed by atoms with Crippen molar-refractivity contribution in [1.29, 1.82) is 0 Å². The van der Waals surface area contributed by atoms with Crippen LogP contribution in [-0.2, 0) is 6.18 Å². The molecule has 1 amide bonds. The quantitative estimate of drug-likeness (QED) is 0.473. The van der Waals surface area contributed by atoms with Gasteiger partial charge >= 0.3 is 6.18 Å². The Kier molecular flexibility index (Phi) is 5.15. The molecule has 2 aromatic rings. The summed E-state index contributed by atoms with van der Waals surface area (Å²) in [6, 6.07) is 8.63. The Morgan fingerprint density at radius 2 is 1.87 bits per heavy atom. The number of rotatable bonds is 3. The summed E-state index contributed by atoms with van der Waals surface area (Å²) in [4.78, 5) is 11.8. The highest BCUT2D eigenvalue weighted by atomic mass is 79.9. The molecule has 0 heterocycles. The molecule has 0 unspecified atom stereocenters. The number of hydrogen-bond acceptors (Lipinski definition) is 2. The summed E-state index contributed by atoms with van der Waals surface area (Å²) in [5, 5.41) is 3.55. The topological polar surface area (TPSA) is 41.5 Å². The fraction of sp³-hybridized carbons (Fsp3) is 0.0667. The van der Waals surface area contributed by atoms with E-state index in [9.17, 15) is 22.4 Å². The van der Waals surface area contributed by atoms with Gasteiger partial charge in [0.1, 0.15) is 5.82 Å². The van der Waals surface area contributed by atoms with Crippen LogP contribution in [0.25, 0.3) is 0 Å². The lowest BCUT2D eigenvalue weighted by molar-refractivity contribution is -0.137. The number of amides is 1. The van der Waals surface area contributed by atoms with Gasteiger partial charge in [-0.3, -0.25) is 4.79 Å². The average Bonchev–Trinajstić information content (AvgIpc) is 2.48. The van der Waals surface area contributed by atoms with E-state index in [0.29, 0.717) is 16.1 Å². The molecule has 0 aliphatic heterocycles. The average molecular weight is 389 g/mol. The Morgan fingerprint density at radius 3 is 2.48 bits per heavy atom. The summed E-state index contributed by atoms with van der Waals surface area (Å²) in [5.74, 6) is -1.63.